The first-order chi connectivity index (χ1) is 21.1. The molecule has 44 heavy (non-hydrogen) atoms. The van der Waals surface area contributed by atoms with Crippen molar-refractivity contribution in [2.45, 2.75) is 142 Å². The molecule has 0 saturated heterocycles. The second kappa shape index (κ2) is 29.4. The number of allylic oxidation sites excluding steroid dienone is 4. The lowest BCUT2D eigenvalue weighted by atomic mass is 10.1. The van der Waals surface area contributed by atoms with Crippen LogP contribution in [-0.2, 0) is 27.9 Å². The monoisotopic (exact) mass is 646 g/mol. The molecule has 0 aliphatic carbocycles. The number of hydrogen-bond donors (Lipinski definition) is 1. The Labute approximate surface area is 271 Å². The number of quaternary nitrogens is 1. The SMILES string of the molecule is CCC/C=C\C/C=C\CCCCCCCC(=O)OC(COCCCCCCCCCCC)COP(=O)(O)OCC[N+](C)(C)C. The summed E-state index contributed by atoms with van der Waals surface area (Å²) in [6.45, 7) is 5.51. The van der Waals surface area contributed by atoms with Gasteiger partial charge in [0.1, 0.15) is 19.3 Å². The zero-order valence-corrected chi connectivity index (χ0v) is 30.0. The predicted molar refractivity (Wildman–Crippen MR) is 183 cm³/mol. The summed E-state index contributed by atoms with van der Waals surface area (Å²) in [6.07, 6.45) is 29.1. The molecule has 8 nitrogen and oxygen atoms in total. The second-order valence-electron chi connectivity index (χ2n) is 12.9. The fourth-order valence-corrected chi connectivity index (χ4v) is 5.21. The molecule has 9 heteroatoms. The molecule has 0 bridgehead atoms. The minimum Gasteiger partial charge on any atom is -0.457 e. The third-order valence-electron chi connectivity index (χ3n) is 7.25. The topological polar surface area (TPSA) is 91.3 Å². The summed E-state index contributed by atoms with van der Waals surface area (Å²) in [5.74, 6) is -0.331. The molecule has 1 N–H and O–H groups in total. The highest BCUT2D eigenvalue weighted by molar-refractivity contribution is 7.47. The van der Waals surface area contributed by atoms with E-state index < -0.39 is 13.9 Å². The van der Waals surface area contributed by atoms with Crippen molar-refractivity contribution in [3.05, 3.63) is 24.3 Å². The maximum Gasteiger partial charge on any atom is 0.472 e. The van der Waals surface area contributed by atoms with Crippen LogP contribution in [0.4, 0.5) is 0 Å². The molecule has 0 aliphatic rings. The van der Waals surface area contributed by atoms with Crippen molar-refractivity contribution in [1.82, 2.24) is 0 Å². The van der Waals surface area contributed by atoms with Crippen molar-refractivity contribution < 1.29 is 37.3 Å². The van der Waals surface area contributed by atoms with Gasteiger partial charge in [0.2, 0.25) is 0 Å². The first-order valence-electron chi connectivity index (χ1n) is 17.6. The van der Waals surface area contributed by atoms with Crippen molar-refractivity contribution in [3.63, 3.8) is 0 Å². The highest BCUT2D eigenvalue weighted by Gasteiger charge is 2.26. The van der Waals surface area contributed by atoms with E-state index in [0.717, 1.165) is 64.2 Å². The fourth-order valence-electron chi connectivity index (χ4n) is 4.47. The normalized spacial score (nSPS) is 14.4. The molecule has 0 aromatic heterocycles. The highest BCUT2D eigenvalue weighted by Crippen LogP contribution is 2.43. The average Bonchev–Trinajstić information content (AvgIpc) is 2.96. The lowest BCUT2D eigenvalue weighted by Gasteiger charge is -2.24. The number of unbranched alkanes of at least 4 members (excludes halogenated alkanes) is 14. The number of hydrogen-bond acceptors (Lipinski definition) is 6. The van der Waals surface area contributed by atoms with Gasteiger partial charge in [0.05, 0.1) is 34.4 Å². The van der Waals surface area contributed by atoms with Crippen LogP contribution in [0.15, 0.2) is 24.3 Å². The Balaban J connectivity index is 4.36. The molecule has 0 radical (unpaired) electrons. The highest BCUT2D eigenvalue weighted by atomic mass is 31.2. The molecule has 0 amide bonds. The Morgan fingerprint density at radius 3 is 1.93 bits per heavy atom. The van der Waals surface area contributed by atoms with E-state index in [2.05, 4.69) is 38.2 Å². The number of likely N-dealkylation sites (N-methyl/N-ethyl adjacent to an activating group) is 1. The van der Waals surface area contributed by atoms with Crippen molar-refractivity contribution in [2.24, 2.45) is 0 Å². The Morgan fingerprint density at radius 1 is 0.705 bits per heavy atom. The molecule has 0 heterocycles. The van der Waals surface area contributed by atoms with Crippen molar-refractivity contribution in [3.8, 4) is 0 Å². The molecule has 0 rings (SSSR count). The summed E-state index contributed by atoms with van der Waals surface area (Å²) in [5.41, 5.74) is 0. The molecular weight excluding hydrogens is 577 g/mol. The van der Waals surface area contributed by atoms with Crippen LogP contribution in [0.3, 0.4) is 0 Å². The largest absolute Gasteiger partial charge is 0.472 e. The van der Waals surface area contributed by atoms with Gasteiger partial charge in [-0.05, 0) is 38.5 Å². The first kappa shape index (κ1) is 43.0. The number of ether oxygens (including phenoxy) is 2. The Morgan fingerprint density at radius 2 is 1.30 bits per heavy atom. The lowest BCUT2D eigenvalue weighted by molar-refractivity contribution is -0.870. The van der Waals surface area contributed by atoms with Gasteiger partial charge in [0.25, 0.3) is 0 Å². The summed E-state index contributed by atoms with van der Waals surface area (Å²) in [4.78, 5) is 22.7. The number of carbonyl (C=O) groups is 1. The van der Waals surface area contributed by atoms with Crippen LogP contribution in [0.25, 0.3) is 0 Å². The zero-order chi connectivity index (χ0) is 32.8. The fraction of sp³-hybridized carbons (Fsp3) is 0.857. The summed E-state index contributed by atoms with van der Waals surface area (Å²) in [7, 11) is 1.66. The van der Waals surface area contributed by atoms with Gasteiger partial charge in [-0.2, -0.15) is 0 Å². The van der Waals surface area contributed by atoms with E-state index in [1.165, 1.54) is 51.4 Å². The number of phosphoric acid groups is 1. The average molecular weight is 647 g/mol. The van der Waals surface area contributed by atoms with Crippen LogP contribution in [0.2, 0.25) is 0 Å². The van der Waals surface area contributed by atoms with Crippen molar-refractivity contribution in [2.75, 3.05) is 54.1 Å². The number of esters is 1. The van der Waals surface area contributed by atoms with E-state index in [-0.39, 0.29) is 25.8 Å². The van der Waals surface area contributed by atoms with Gasteiger partial charge in [-0.1, -0.05) is 115 Å². The molecule has 0 spiro atoms. The van der Waals surface area contributed by atoms with Crippen LogP contribution in [0, 0.1) is 0 Å². The summed E-state index contributed by atoms with van der Waals surface area (Å²) in [6, 6.07) is 0. The van der Waals surface area contributed by atoms with Gasteiger partial charge in [-0.25, -0.2) is 4.57 Å². The van der Waals surface area contributed by atoms with Gasteiger partial charge in [0.15, 0.2) is 0 Å². The smallest absolute Gasteiger partial charge is 0.457 e. The molecule has 0 aromatic rings. The van der Waals surface area contributed by atoms with Crippen LogP contribution >= 0.6 is 7.82 Å². The van der Waals surface area contributed by atoms with E-state index in [1.807, 2.05) is 21.1 Å². The lowest BCUT2D eigenvalue weighted by Crippen LogP contribution is -2.37. The Hall–Kier alpha value is -1.02. The Kier molecular flexibility index (Phi) is 28.7. The maximum absolute atomic E-state index is 12.6. The molecule has 0 saturated carbocycles. The van der Waals surface area contributed by atoms with Gasteiger partial charge < -0.3 is 18.9 Å². The first-order valence-corrected chi connectivity index (χ1v) is 19.1. The molecule has 0 fully saturated rings. The minimum atomic E-state index is -4.26. The second-order valence-corrected chi connectivity index (χ2v) is 14.4. The number of rotatable bonds is 32. The third-order valence-corrected chi connectivity index (χ3v) is 8.23. The molecular formula is C35H69NO7P+. The molecule has 0 aromatic carbocycles. The summed E-state index contributed by atoms with van der Waals surface area (Å²) < 4.78 is 34.7. The van der Waals surface area contributed by atoms with Crippen LogP contribution in [0.1, 0.15) is 136 Å². The van der Waals surface area contributed by atoms with E-state index >= 15 is 0 Å². The van der Waals surface area contributed by atoms with Crippen LogP contribution in [-0.4, -0.2) is 75.6 Å². The van der Waals surface area contributed by atoms with Gasteiger partial charge >= 0.3 is 13.8 Å². The van der Waals surface area contributed by atoms with E-state index in [0.29, 0.717) is 24.1 Å². The van der Waals surface area contributed by atoms with E-state index in [1.54, 1.807) is 0 Å². The van der Waals surface area contributed by atoms with Gasteiger partial charge in [-0.15, -0.1) is 0 Å². The van der Waals surface area contributed by atoms with Gasteiger partial charge in [0, 0.05) is 13.0 Å². The quantitative estimate of drug-likeness (QED) is 0.0256. The molecule has 2 unspecified atom stereocenters. The maximum atomic E-state index is 12.6. The number of phosphoric ester groups is 1. The zero-order valence-electron chi connectivity index (χ0n) is 29.1. The Bertz CT molecular complexity index is 767. The van der Waals surface area contributed by atoms with E-state index in [4.69, 9.17) is 18.5 Å². The number of carbonyl (C=O) groups excluding carboxylic acids is 1. The summed E-state index contributed by atoms with van der Waals surface area (Å²) >= 11 is 0. The summed E-state index contributed by atoms with van der Waals surface area (Å²) in [5, 5.41) is 0. The number of nitrogens with zero attached hydrogens (tertiary/aromatic N) is 1. The third kappa shape index (κ3) is 32.4. The van der Waals surface area contributed by atoms with Gasteiger partial charge in [-0.3, -0.25) is 13.8 Å². The minimum absolute atomic E-state index is 0.0868. The molecule has 0 aliphatic heterocycles. The molecule has 2 atom stereocenters. The van der Waals surface area contributed by atoms with Crippen molar-refractivity contribution in [1.29, 1.82) is 0 Å². The van der Waals surface area contributed by atoms with Crippen LogP contribution < -0.4 is 0 Å². The van der Waals surface area contributed by atoms with E-state index in [9.17, 15) is 14.3 Å². The predicted octanol–water partition coefficient (Wildman–Crippen LogP) is 9.32. The standard InChI is InChI=1S/C35H68NO7P/c1-6-8-10-12-14-16-17-18-19-20-22-24-26-28-35(37)43-34(33-42-44(38,39)41-31-29-36(3,4)5)32-40-30-27-25-23-21-15-13-11-9-7-2/h10,12,16-17,34H,6-9,11,13-15,18-33H2,1-5H3/p+1/b12-10-,17-16-. The van der Waals surface area contributed by atoms with Crippen molar-refractivity contribution >= 4 is 13.8 Å². The van der Waals surface area contributed by atoms with Crippen LogP contribution in [0.5, 0.6) is 0 Å². The molecule has 260 valence electrons.